The first-order valence-corrected chi connectivity index (χ1v) is 23.1. The van der Waals surface area contributed by atoms with E-state index in [4.69, 9.17) is 4.42 Å². The highest BCUT2D eigenvalue weighted by atomic mass is 16.3. The molecule has 314 valence electrons. The van der Waals surface area contributed by atoms with Crippen LogP contribution in [-0.4, -0.2) is 0 Å². The van der Waals surface area contributed by atoms with Crippen molar-refractivity contribution < 1.29 is 4.42 Å². The lowest BCUT2D eigenvalue weighted by molar-refractivity contribution is 0.669. The highest BCUT2D eigenvalue weighted by Gasteiger charge is 2.47. The molecule has 11 aromatic carbocycles. The molecule has 0 radical (unpaired) electrons. The summed E-state index contributed by atoms with van der Waals surface area (Å²) >= 11 is 0. The maximum Gasteiger partial charge on any atom is 0.136 e. The summed E-state index contributed by atoms with van der Waals surface area (Å²) in [7, 11) is 0. The van der Waals surface area contributed by atoms with Crippen molar-refractivity contribution >= 4 is 49.8 Å². The van der Waals surface area contributed by atoms with E-state index in [1.54, 1.807) is 0 Å². The molecule has 1 aliphatic rings. The van der Waals surface area contributed by atoms with Gasteiger partial charge in [0.05, 0.1) is 16.8 Å². The first-order chi connectivity index (χ1) is 33.2. The number of benzene rings is 11. The van der Waals surface area contributed by atoms with Gasteiger partial charge in [0.25, 0.3) is 0 Å². The predicted octanol–water partition coefficient (Wildman–Crippen LogP) is 17.6. The predicted molar refractivity (Wildman–Crippen MR) is 280 cm³/mol. The number of anilines is 3. The second kappa shape index (κ2) is 15.8. The van der Waals surface area contributed by atoms with E-state index in [-0.39, 0.29) is 0 Å². The van der Waals surface area contributed by atoms with E-state index >= 15 is 0 Å². The molecule has 0 fully saturated rings. The third-order valence-corrected chi connectivity index (χ3v) is 13.9. The van der Waals surface area contributed by atoms with E-state index in [0.29, 0.717) is 0 Å². The Morgan fingerprint density at radius 2 is 0.881 bits per heavy atom. The minimum atomic E-state index is -0.540. The fourth-order valence-electron chi connectivity index (χ4n) is 10.9. The van der Waals surface area contributed by atoms with Crippen LogP contribution in [0, 0.1) is 0 Å². The fraction of sp³-hybridized carbons (Fsp3) is 0.0154. The van der Waals surface area contributed by atoms with Gasteiger partial charge in [0.1, 0.15) is 11.2 Å². The van der Waals surface area contributed by atoms with Gasteiger partial charge in [-0.2, -0.15) is 0 Å². The number of rotatable bonds is 8. The number of hydrogen-bond donors (Lipinski definition) is 0. The Labute approximate surface area is 390 Å². The summed E-state index contributed by atoms with van der Waals surface area (Å²) in [6, 6.07) is 95.2. The average Bonchev–Trinajstić information content (AvgIpc) is 3.93. The molecule has 0 unspecified atom stereocenters. The van der Waals surface area contributed by atoms with Gasteiger partial charge >= 0.3 is 0 Å². The first kappa shape index (κ1) is 38.7. The fourth-order valence-corrected chi connectivity index (χ4v) is 10.9. The van der Waals surface area contributed by atoms with Gasteiger partial charge < -0.3 is 9.32 Å². The molecule has 0 atom stereocenters. The second-order valence-corrected chi connectivity index (χ2v) is 17.6. The van der Waals surface area contributed by atoms with Crippen LogP contribution < -0.4 is 4.90 Å². The molecule has 1 aliphatic carbocycles. The molecule has 12 aromatic rings. The van der Waals surface area contributed by atoms with Crippen LogP contribution in [-0.2, 0) is 5.41 Å². The summed E-state index contributed by atoms with van der Waals surface area (Å²) in [5.74, 6) is 0. The summed E-state index contributed by atoms with van der Waals surface area (Å²) in [5, 5.41) is 4.73. The Morgan fingerprint density at radius 1 is 0.313 bits per heavy atom. The Kier molecular flexibility index (Phi) is 9.11. The van der Waals surface area contributed by atoms with Gasteiger partial charge in [-0.3, -0.25) is 0 Å². The molecule has 0 saturated carbocycles. The normalized spacial score (nSPS) is 12.6. The van der Waals surface area contributed by atoms with Crippen molar-refractivity contribution in [3.8, 4) is 44.5 Å². The standard InChI is InChI=1S/C65H43NO/c1-3-21-51(22-4-1)65(52-23-5-2-6-24-52)58-28-12-9-27-57(58)64-59(65)29-16-31-61(64)66(60-30-13-10-25-54(60)50-37-40-56-55-26-11-14-32-62(55)67-63(56)43-50)53-38-35-45(36-39-53)47-19-15-20-48(41-47)49-34-33-44-17-7-8-18-46(44)42-49/h1-43H. The molecule has 0 amide bonds. The largest absolute Gasteiger partial charge is 0.456 e. The zero-order valence-corrected chi connectivity index (χ0v) is 36.7. The van der Waals surface area contributed by atoms with E-state index in [2.05, 4.69) is 254 Å². The van der Waals surface area contributed by atoms with Crippen LogP contribution in [0.2, 0.25) is 0 Å². The molecule has 67 heavy (non-hydrogen) atoms. The van der Waals surface area contributed by atoms with E-state index in [1.807, 2.05) is 12.1 Å². The molecule has 0 bridgehead atoms. The minimum absolute atomic E-state index is 0.540. The maximum atomic E-state index is 6.49. The van der Waals surface area contributed by atoms with Gasteiger partial charge in [0.2, 0.25) is 0 Å². The smallest absolute Gasteiger partial charge is 0.136 e. The molecule has 0 N–H and O–H groups in total. The van der Waals surface area contributed by atoms with E-state index in [9.17, 15) is 0 Å². The number of nitrogens with zero attached hydrogens (tertiary/aromatic N) is 1. The number of furan rings is 1. The Bertz CT molecular complexity index is 3770. The monoisotopic (exact) mass is 853 g/mol. The van der Waals surface area contributed by atoms with Crippen LogP contribution in [0.25, 0.3) is 77.2 Å². The van der Waals surface area contributed by atoms with Crippen molar-refractivity contribution in [2.45, 2.75) is 5.41 Å². The van der Waals surface area contributed by atoms with Crippen molar-refractivity contribution in [1.82, 2.24) is 0 Å². The zero-order chi connectivity index (χ0) is 44.3. The van der Waals surface area contributed by atoms with Crippen molar-refractivity contribution in [3.63, 3.8) is 0 Å². The molecule has 13 rings (SSSR count). The highest BCUT2D eigenvalue weighted by Crippen LogP contribution is 2.60. The summed E-state index contributed by atoms with van der Waals surface area (Å²) < 4.78 is 6.49. The lowest BCUT2D eigenvalue weighted by atomic mass is 9.68. The molecule has 0 saturated heterocycles. The van der Waals surface area contributed by atoms with Gasteiger partial charge in [0, 0.05) is 27.6 Å². The summed E-state index contributed by atoms with van der Waals surface area (Å²) in [4.78, 5) is 2.48. The third-order valence-electron chi connectivity index (χ3n) is 13.9. The van der Waals surface area contributed by atoms with Gasteiger partial charge in [-0.05, 0) is 121 Å². The molecule has 2 nitrogen and oxygen atoms in total. The van der Waals surface area contributed by atoms with Gasteiger partial charge in [-0.25, -0.2) is 0 Å². The van der Waals surface area contributed by atoms with Crippen LogP contribution in [0.3, 0.4) is 0 Å². The van der Waals surface area contributed by atoms with Crippen LogP contribution in [0.15, 0.2) is 265 Å². The van der Waals surface area contributed by atoms with Crippen LogP contribution >= 0.6 is 0 Å². The minimum Gasteiger partial charge on any atom is -0.456 e. The Hall–Kier alpha value is -8.72. The number of fused-ring (bicyclic) bond motifs is 7. The van der Waals surface area contributed by atoms with Crippen LogP contribution in [0.4, 0.5) is 17.1 Å². The van der Waals surface area contributed by atoms with Crippen molar-refractivity contribution in [1.29, 1.82) is 0 Å². The van der Waals surface area contributed by atoms with E-state index < -0.39 is 5.41 Å². The Morgan fingerprint density at radius 3 is 1.69 bits per heavy atom. The third kappa shape index (κ3) is 6.26. The van der Waals surface area contributed by atoms with Crippen molar-refractivity contribution in [3.05, 3.63) is 283 Å². The molecule has 0 aliphatic heterocycles. The van der Waals surface area contributed by atoms with E-state index in [0.717, 1.165) is 55.7 Å². The first-order valence-electron chi connectivity index (χ1n) is 23.1. The van der Waals surface area contributed by atoms with Crippen molar-refractivity contribution in [2.75, 3.05) is 4.90 Å². The molecular weight excluding hydrogens is 811 g/mol. The molecule has 2 heteroatoms. The van der Waals surface area contributed by atoms with Crippen molar-refractivity contribution in [2.24, 2.45) is 0 Å². The van der Waals surface area contributed by atoms with Gasteiger partial charge in [-0.15, -0.1) is 0 Å². The summed E-state index contributed by atoms with van der Waals surface area (Å²) in [5.41, 5.74) is 18.9. The van der Waals surface area contributed by atoms with Gasteiger partial charge in [0.15, 0.2) is 0 Å². The van der Waals surface area contributed by atoms with Gasteiger partial charge in [-0.1, -0.05) is 206 Å². The zero-order valence-electron chi connectivity index (χ0n) is 36.7. The summed E-state index contributed by atoms with van der Waals surface area (Å²) in [6.45, 7) is 0. The maximum absolute atomic E-state index is 6.49. The number of para-hydroxylation sites is 2. The lowest BCUT2D eigenvalue weighted by Gasteiger charge is -2.34. The van der Waals surface area contributed by atoms with Crippen LogP contribution in [0.1, 0.15) is 22.3 Å². The quantitative estimate of drug-likeness (QED) is 0.151. The molecular formula is C65H43NO. The van der Waals surface area contributed by atoms with Crippen LogP contribution in [0.5, 0.6) is 0 Å². The topological polar surface area (TPSA) is 16.4 Å². The highest BCUT2D eigenvalue weighted by molar-refractivity contribution is 6.07. The SMILES string of the molecule is c1ccc(C2(c3ccccc3)c3ccccc3-c3c(N(c4ccc(-c5cccc(-c6ccc7ccccc7c6)c5)cc4)c4ccccc4-c4ccc5c(c4)oc4ccccc45)cccc32)cc1. The molecule has 1 aromatic heterocycles. The Balaban J connectivity index is 1.02. The lowest BCUT2D eigenvalue weighted by Crippen LogP contribution is -2.28. The summed E-state index contributed by atoms with van der Waals surface area (Å²) in [6.07, 6.45) is 0. The number of hydrogen-bond acceptors (Lipinski definition) is 2. The molecule has 1 heterocycles. The van der Waals surface area contributed by atoms with E-state index in [1.165, 1.54) is 60.8 Å². The second-order valence-electron chi connectivity index (χ2n) is 17.6. The molecule has 0 spiro atoms. The average molecular weight is 854 g/mol.